The van der Waals surface area contributed by atoms with Crippen LogP contribution in [0.15, 0.2) is 18.2 Å². The van der Waals surface area contributed by atoms with Gasteiger partial charge in [-0.2, -0.15) is 0 Å². The second-order valence-corrected chi connectivity index (χ2v) is 5.37. The summed E-state index contributed by atoms with van der Waals surface area (Å²) in [7, 11) is 0. The number of hydrogen-bond acceptors (Lipinski definition) is 2. The van der Waals surface area contributed by atoms with Gasteiger partial charge in [0.1, 0.15) is 5.82 Å². The van der Waals surface area contributed by atoms with E-state index >= 15 is 0 Å². The van der Waals surface area contributed by atoms with Gasteiger partial charge in [-0.05, 0) is 36.5 Å². The molecule has 4 nitrogen and oxygen atoms in total. The summed E-state index contributed by atoms with van der Waals surface area (Å²) in [5.41, 5.74) is 0.278. The Morgan fingerprint density at radius 3 is 2.85 bits per heavy atom. The van der Waals surface area contributed by atoms with Crippen LogP contribution in [-0.4, -0.2) is 28.4 Å². The van der Waals surface area contributed by atoms with Crippen molar-refractivity contribution in [2.24, 2.45) is 5.92 Å². The summed E-state index contributed by atoms with van der Waals surface area (Å²) in [6.07, 6.45) is 2.36. The van der Waals surface area contributed by atoms with Crippen LogP contribution in [0.4, 0.5) is 4.39 Å². The number of nitrogens with zero attached hydrogens (tertiary/aromatic N) is 1. The second-order valence-electron chi connectivity index (χ2n) is 5.37. The number of amides is 1. The van der Waals surface area contributed by atoms with E-state index in [1.807, 2.05) is 0 Å². The molecule has 0 aliphatic carbocycles. The van der Waals surface area contributed by atoms with Crippen LogP contribution in [-0.2, 0) is 11.3 Å². The molecule has 1 fully saturated rings. The van der Waals surface area contributed by atoms with Crippen LogP contribution in [0.1, 0.15) is 42.1 Å². The van der Waals surface area contributed by atoms with Crippen molar-refractivity contribution in [1.82, 2.24) is 4.90 Å². The minimum Gasteiger partial charge on any atom is -0.478 e. The van der Waals surface area contributed by atoms with Gasteiger partial charge in [-0.1, -0.05) is 13.0 Å². The number of aromatic carboxylic acids is 1. The molecule has 20 heavy (non-hydrogen) atoms. The second kappa shape index (κ2) is 6.03. The van der Waals surface area contributed by atoms with E-state index in [9.17, 15) is 14.0 Å². The third-order valence-electron chi connectivity index (χ3n) is 3.73. The molecule has 5 heteroatoms. The molecule has 1 aliphatic heterocycles. The molecule has 0 radical (unpaired) electrons. The lowest BCUT2D eigenvalue weighted by Crippen LogP contribution is -2.29. The van der Waals surface area contributed by atoms with Gasteiger partial charge in [0.25, 0.3) is 0 Å². The lowest BCUT2D eigenvalue weighted by atomic mass is 10.0. The number of carbonyl (C=O) groups is 2. The van der Waals surface area contributed by atoms with Gasteiger partial charge in [0, 0.05) is 19.5 Å². The van der Waals surface area contributed by atoms with Crippen molar-refractivity contribution in [2.45, 2.75) is 32.7 Å². The lowest BCUT2D eigenvalue weighted by molar-refractivity contribution is -0.131. The van der Waals surface area contributed by atoms with E-state index < -0.39 is 11.8 Å². The SMILES string of the molecule is CC1CCC(=O)N(Cc2ccc(C(=O)O)c(F)c2)CC1. The zero-order valence-electron chi connectivity index (χ0n) is 11.4. The van der Waals surface area contributed by atoms with E-state index in [1.165, 1.54) is 12.1 Å². The largest absolute Gasteiger partial charge is 0.478 e. The lowest BCUT2D eigenvalue weighted by Gasteiger charge is -2.21. The van der Waals surface area contributed by atoms with Gasteiger partial charge in [-0.15, -0.1) is 0 Å². The van der Waals surface area contributed by atoms with Crippen LogP contribution in [0, 0.1) is 11.7 Å². The van der Waals surface area contributed by atoms with E-state index in [1.54, 1.807) is 11.0 Å². The van der Waals surface area contributed by atoms with Crippen molar-refractivity contribution in [2.75, 3.05) is 6.54 Å². The number of hydrogen-bond donors (Lipinski definition) is 1. The number of halogens is 1. The molecule has 0 saturated carbocycles. The van der Waals surface area contributed by atoms with E-state index in [-0.39, 0.29) is 11.5 Å². The van der Waals surface area contributed by atoms with Crippen molar-refractivity contribution in [3.63, 3.8) is 0 Å². The Bertz CT molecular complexity index is 530. The molecule has 1 saturated heterocycles. The van der Waals surface area contributed by atoms with Crippen LogP contribution >= 0.6 is 0 Å². The number of carbonyl (C=O) groups excluding carboxylic acids is 1. The Kier molecular flexibility index (Phi) is 4.37. The average Bonchev–Trinajstić information content (AvgIpc) is 2.54. The molecule has 0 aromatic heterocycles. The Morgan fingerprint density at radius 1 is 1.45 bits per heavy atom. The Morgan fingerprint density at radius 2 is 2.20 bits per heavy atom. The molecular formula is C15H18FNO3. The van der Waals surface area contributed by atoms with E-state index in [0.29, 0.717) is 31.0 Å². The minimum atomic E-state index is -1.28. The molecular weight excluding hydrogens is 261 g/mol. The normalized spacial score (nSPS) is 19.8. The number of carboxylic acid groups (broad SMARTS) is 1. The predicted octanol–water partition coefficient (Wildman–Crippen LogP) is 2.67. The molecule has 1 unspecified atom stereocenters. The fourth-order valence-electron chi connectivity index (χ4n) is 2.39. The Hall–Kier alpha value is -1.91. The summed E-state index contributed by atoms with van der Waals surface area (Å²) in [5.74, 6) is -1.44. The topological polar surface area (TPSA) is 57.6 Å². The Labute approximate surface area is 117 Å². The fourth-order valence-corrected chi connectivity index (χ4v) is 2.39. The van der Waals surface area contributed by atoms with Crippen molar-refractivity contribution in [3.05, 3.63) is 35.1 Å². The first-order valence-electron chi connectivity index (χ1n) is 6.77. The molecule has 0 spiro atoms. The maximum absolute atomic E-state index is 13.6. The quantitative estimate of drug-likeness (QED) is 0.925. The van der Waals surface area contributed by atoms with Crippen molar-refractivity contribution >= 4 is 11.9 Å². The highest BCUT2D eigenvalue weighted by atomic mass is 19.1. The first kappa shape index (κ1) is 14.5. The van der Waals surface area contributed by atoms with Crippen molar-refractivity contribution in [3.8, 4) is 0 Å². The number of benzene rings is 1. The minimum absolute atomic E-state index is 0.0806. The maximum Gasteiger partial charge on any atom is 0.338 e. The summed E-state index contributed by atoms with van der Waals surface area (Å²) >= 11 is 0. The van der Waals surface area contributed by atoms with E-state index in [0.717, 1.165) is 12.8 Å². The summed E-state index contributed by atoms with van der Waals surface area (Å²) in [4.78, 5) is 24.4. The van der Waals surface area contributed by atoms with Crippen molar-refractivity contribution in [1.29, 1.82) is 0 Å². The number of likely N-dealkylation sites (tertiary alicyclic amines) is 1. The highest BCUT2D eigenvalue weighted by Gasteiger charge is 2.20. The maximum atomic E-state index is 13.6. The van der Waals surface area contributed by atoms with Gasteiger partial charge in [0.2, 0.25) is 5.91 Å². The molecule has 108 valence electrons. The fraction of sp³-hybridized carbons (Fsp3) is 0.467. The van der Waals surface area contributed by atoms with E-state index in [4.69, 9.17) is 5.11 Å². The third-order valence-corrected chi connectivity index (χ3v) is 3.73. The van der Waals surface area contributed by atoms with Gasteiger partial charge < -0.3 is 10.0 Å². The molecule has 0 bridgehead atoms. The van der Waals surface area contributed by atoms with E-state index in [2.05, 4.69) is 6.92 Å². The zero-order chi connectivity index (χ0) is 14.7. The Balaban J connectivity index is 2.11. The molecule has 1 aromatic rings. The molecule has 1 aromatic carbocycles. The predicted molar refractivity (Wildman–Crippen MR) is 71.8 cm³/mol. The smallest absolute Gasteiger partial charge is 0.338 e. The van der Waals surface area contributed by atoms with Gasteiger partial charge in [-0.3, -0.25) is 4.79 Å². The van der Waals surface area contributed by atoms with Crippen LogP contribution in [0.5, 0.6) is 0 Å². The molecule has 1 aliphatic rings. The molecule has 1 atom stereocenters. The summed E-state index contributed by atoms with van der Waals surface area (Å²) < 4.78 is 13.6. The highest BCUT2D eigenvalue weighted by Crippen LogP contribution is 2.20. The number of carboxylic acids is 1. The number of rotatable bonds is 3. The standard InChI is InChI=1S/C15H18FNO3/c1-10-2-5-14(18)17(7-6-10)9-11-3-4-12(15(19)20)13(16)8-11/h3-4,8,10H,2,5-7,9H2,1H3,(H,19,20). The van der Waals surface area contributed by atoms with Crippen molar-refractivity contribution < 1.29 is 19.1 Å². The first-order chi connectivity index (χ1) is 9.47. The highest BCUT2D eigenvalue weighted by molar-refractivity contribution is 5.87. The monoisotopic (exact) mass is 279 g/mol. The first-order valence-corrected chi connectivity index (χ1v) is 6.77. The molecule has 1 heterocycles. The van der Waals surface area contributed by atoms with Gasteiger partial charge in [0.15, 0.2) is 0 Å². The van der Waals surface area contributed by atoms with Gasteiger partial charge in [0.05, 0.1) is 5.56 Å². The van der Waals surface area contributed by atoms with Crippen LogP contribution in [0.2, 0.25) is 0 Å². The van der Waals surface area contributed by atoms with Crippen LogP contribution in [0.3, 0.4) is 0 Å². The van der Waals surface area contributed by atoms with Crippen LogP contribution in [0.25, 0.3) is 0 Å². The molecule has 1 amide bonds. The van der Waals surface area contributed by atoms with Crippen LogP contribution < -0.4 is 0 Å². The third kappa shape index (κ3) is 3.35. The average molecular weight is 279 g/mol. The van der Waals surface area contributed by atoms with Gasteiger partial charge >= 0.3 is 5.97 Å². The zero-order valence-corrected chi connectivity index (χ0v) is 11.4. The van der Waals surface area contributed by atoms with Gasteiger partial charge in [-0.25, -0.2) is 9.18 Å². The summed E-state index contributed by atoms with van der Waals surface area (Å²) in [6, 6.07) is 4.01. The summed E-state index contributed by atoms with van der Waals surface area (Å²) in [5, 5.41) is 8.78. The molecule has 1 N–H and O–H groups in total. The summed E-state index contributed by atoms with van der Waals surface area (Å²) in [6.45, 7) is 3.13. The molecule has 2 rings (SSSR count).